The normalized spacial score (nSPS) is 18.0. The van der Waals surface area contributed by atoms with Crippen LogP contribution in [-0.2, 0) is 10.0 Å². The van der Waals surface area contributed by atoms with Gasteiger partial charge in [-0.3, -0.25) is 4.90 Å². The number of aryl methyl sites for hydroxylation is 2. The molecule has 0 radical (unpaired) electrons. The molecule has 0 saturated carbocycles. The average Bonchev–Trinajstić information content (AvgIpc) is 2.48. The molecule has 0 unspecified atom stereocenters. The summed E-state index contributed by atoms with van der Waals surface area (Å²) < 4.78 is 27.1. The van der Waals surface area contributed by atoms with Crippen LogP contribution in [0.1, 0.15) is 11.1 Å². The van der Waals surface area contributed by atoms with Gasteiger partial charge in [-0.2, -0.15) is 4.31 Å². The minimum absolute atomic E-state index is 0.414. The maximum Gasteiger partial charge on any atom is 0.243 e. The summed E-state index contributed by atoms with van der Waals surface area (Å²) in [6, 6.07) is 5.38. The maximum absolute atomic E-state index is 12.7. The van der Waals surface area contributed by atoms with Crippen molar-refractivity contribution in [3.8, 4) is 0 Å². The van der Waals surface area contributed by atoms with Gasteiger partial charge in [-0.1, -0.05) is 6.07 Å². The van der Waals surface area contributed by atoms with E-state index < -0.39 is 10.0 Å². The van der Waals surface area contributed by atoms with Crippen molar-refractivity contribution in [2.24, 2.45) is 0 Å². The molecule has 0 atom stereocenters. The van der Waals surface area contributed by atoms with Gasteiger partial charge in [0.05, 0.1) is 4.90 Å². The molecule has 1 aliphatic heterocycles. The molecule has 6 heteroatoms. The van der Waals surface area contributed by atoms with Gasteiger partial charge in [0.25, 0.3) is 0 Å². The predicted octanol–water partition coefficient (Wildman–Crippen LogP) is 1.17. The van der Waals surface area contributed by atoms with E-state index in [9.17, 15) is 8.42 Å². The zero-order valence-electron chi connectivity index (χ0n) is 14.0. The Morgan fingerprint density at radius 2 is 1.68 bits per heavy atom. The third kappa shape index (κ3) is 4.07. The number of sulfonamides is 1. The van der Waals surface area contributed by atoms with Crippen LogP contribution in [0.25, 0.3) is 0 Å². The van der Waals surface area contributed by atoms with Crippen molar-refractivity contribution >= 4 is 10.0 Å². The summed E-state index contributed by atoms with van der Waals surface area (Å²) >= 11 is 0. The van der Waals surface area contributed by atoms with Crippen LogP contribution in [0, 0.1) is 13.8 Å². The Morgan fingerprint density at radius 3 is 2.23 bits per heavy atom. The molecule has 5 nitrogen and oxygen atoms in total. The van der Waals surface area contributed by atoms with Crippen LogP contribution in [0.15, 0.2) is 23.1 Å². The summed E-state index contributed by atoms with van der Waals surface area (Å²) in [7, 11) is 0.752. The van der Waals surface area contributed by atoms with E-state index in [0.717, 1.165) is 37.3 Å². The number of piperazine rings is 1. The van der Waals surface area contributed by atoms with Gasteiger partial charge in [0.2, 0.25) is 10.0 Å². The number of hydrogen-bond acceptors (Lipinski definition) is 4. The third-order valence-electron chi connectivity index (χ3n) is 4.31. The Morgan fingerprint density at radius 1 is 1.05 bits per heavy atom. The molecule has 1 fully saturated rings. The quantitative estimate of drug-likeness (QED) is 0.815. The van der Waals surface area contributed by atoms with E-state index in [4.69, 9.17) is 0 Å². The van der Waals surface area contributed by atoms with Gasteiger partial charge in [0, 0.05) is 39.3 Å². The zero-order chi connectivity index (χ0) is 16.3. The number of nitrogens with zero attached hydrogens (tertiary/aromatic N) is 3. The highest BCUT2D eigenvalue weighted by molar-refractivity contribution is 7.89. The fourth-order valence-corrected chi connectivity index (χ4v) is 4.07. The lowest BCUT2D eigenvalue weighted by molar-refractivity contribution is 0.174. The van der Waals surface area contributed by atoms with Gasteiger partial charge in [-0.15, -0.1) is 0 Å². The first-order valence-corrected chi connectivity index (χ1v) is 9.19. The van der Waals surface area contributed by atoms with Crippen molar-refractivity contribution in [3.05, 3.63) is 29.3 Å². The SMILES string of the molecule is Cc1ccc(S(=O)(=O)N2CCN(CCN(C)C)CC2)cc1C. The second kappa shape index (κ2) is 7.08. The number of hydrogen-bond donors (Lipinski definition) is 0. The topological polar surface area (TPSA) is 43.9 Å². The lowest BCUT2D eigenvalue weighted by Crippen LogP contribution is -2.49. The van der Waals surface area contributed by atoms with E-state index in [2.05, 4.69) is 23.9 Å². The smallest absolute Gasteiger partial charge is 0.243 e. The second-order valence-corrected chi connectivity index (χ2v) is 8.23. The fraction of sp³-hybridized carbons (Fsp3) is 0.625. The van der Waals surface area contributed by atoms with Crippen LogP contribution in [-0.4, -0.2) is 75.9 Å². The lowest BCUT2D eigenvalue weighted by Gasteiger charge is -2.34. The van der Waals surface area contributed by atoms with Crippen LogP contribution in [0.3, 0.4) is 0 Å². The molecule has 1 aromatic carbocycles. The molecule has 1 aromatic rings. The van der Waals surface area contributed by atoms with Crippen molar-refractivity contribution in [3.63, 3.8) is 0 Å². The van der Waals surface area contributed by atoms with E-state index in [1.54, 1.807) is 16.4 Å². The van der Waals surface area contributed by atoms with Gasteiger partial charge < -0.3 is 4.90 Å². The Balaban J connectivity index is 2.01. The summed E-state index contributed by atoms with van der Waals surface area (Å²) in [5, 5.41) is 0. The molecule has 1 aliphatic rings. The maximum atomic E-state index is 12.7. The first-order chi connectivity index (χ1) is 10.3. The summed E-state index contributed by atoms with van der Waals surface area (Å²) in [6.07, 6.45) is 0. The molecule has 0 aromatic heterocycles. The molecule has 1 saturated heterocycles. The largest absolute Gasteiger partial charge is 0.308 e. The summed E-state index contributed by atoms with van der Waals surface area (Å²) in [5.41, 5.74) is 2.14. The Labute approximate surface area is 134 Å². The van der Waals surface area contributed by atoms with Crippen LogP contribution in [0.4, 0.5) is 0 Å². The van der Waals surface area contributed by atoms with Crippen molar-refractivity contribution in [2.45, 2.75) is 18.7 Å². The summed E-state index contributed by atoms with van der Waals surface area (Å²) in [4.78, 5) is 4.89. The molecule has 2 rings (SSSR count). The molecule has 1 heterocycles. The van der Waals surface area contributed by atoms with Gasteiger partial charge in [0.1, 0.15) is 0 Å². The second-order valence-electron chi connectivity index (χ2n) is 6.30. The van der Waals surface area contributed by atoms with Crippen LogP contribution in [0.2, 0.25) is 0 Å². The van der Waals surface area contributed by atoms with E-state index >= 15 is 0 Å². The van der Waals surface area contributed by atoms with E-state index in [1.165, 1.54) is 0 Å². The van der Waals surface area contributed by atoms with E-state index in [1.807, 2.05) is 19.9 Å². The predicted molar refractivity (Wildman–Crippen MR) is 89.7 cm³/mol. The molecule has 0 amide bonds. The van der Waals surface area contributed by atoms with Gasteiger partial charge in [-0.05, 0) is 51.2 Å². The fourth-order valence-electron chi connectivity index (χ4n) is 2.56. The standard InChI is InChI=1S/C16H27N3O2S/c1-14-5-6-16(13-15(14)2)22(20,21)19-11-9-18(10-12-19)8-7-17(3)4/h5-6,13H,7-12H2,1-4H3. The highest BCUT2D eigenvalue weighted by atomic mass is 32.2. The van der Waals surface area contributed by atoms with Gasteiger partial charge in [-0.25, -0.2) is 8.42 Å². The Bertz CT molecular complexity index is 606. The van der Waals surface area contributed by atoms with Crippen LogP contribution >= 0.6 is 0 Å². The van der Waals surface area contributed by atoms with Crippen molar-refractivity contribution < 1.29 is 8.42 Å². The molecule has 0 spiro atoms. The highest BCUT2D eigenvalue weighted by Gasteiger charge is 2.28. The van der Waals surface area contributed by atoms with Crippen molar-refractivity contribution in [1.29, 1.82) is 0 Å². The van der Waals surface area contributed by atoms with Crippen molar-refractivity contribution in [1.82, 2.24) is 14.1 Å². The summed E-state index contributed by atoms with van der Waals surface area (Å²) in [6.45, 7) is 8.69. The lowest BCUT2D eigenvalue weighted by atomic mass is 10.1. The zero-order valence-corrected chi connectivity index (χ0v) is 14.9. The van der Waals surface area contributed by atoms with Crippen LogP contribution in [0.5, 0.6) is 0 Å². The van der Waals surface area contributed by atoms with Crippen LogP contribution < -0.4 is 0 Å². The Kier molecular flexibility index (Phi) is 5.60. The van der Waals surface area contributed by atoms with Crippen molar-refractivity contribution in [2.75, 3.05) is 53.4 Å². The first-order valence-electron chi connectivity index (χ1n) is 7.75. The third-order valence-corrected chi connectivity index (χ3v) is 6.21. The minimum Gasteiger partial charge on any atom is -0.308 e. The monoisotopic (exact) mass is 325 g/mol. The molecule has 22 heavy (non-hydrogen) atoms. The number of rotatable bonds is 5. The summed E-state index contributed by atoms with van der Waals surface area (Å²) in [5.74, 6) is 0. The van der Waals surface area contributed by atoms with E-state index in [-0.39, 0.29) is 0 Å². The number of likely N-dealkylation sites (N-methyl/N-ethyl adjacent to an activating group) is 1. The van der Waals surface area contributed by atoms with Gasteiger partial charge >= 0.3 is 0 Å². The highest BCUT2D eigenvalue weighted by Crippen LogP contribution is 2.20. The molecule has 0 N–H and O–H groups in total. The molecule has 124 valence electrons. The molecular weight excluding hydrogens is 298 g/mol. The average molecular weight is 325 g/mol. The molecule has 0 bridgehead atoms. The van der Waals surface area contributed by atoms with E-state index in [0.29, 0.717) is 18.0 Å². The van der Waals surface area contributed by atoms with Gasteiger partial charge in [0.15, 0.2) is 0 Å². The molecular formula is C16H27N3O2S. The first kappa shape index (κ1) is 17.4. The Hall–Kier alpha value is -0.950. The minimum atomic E-state index is -3.36. The number of benzene rings is 1. The molecule has 0 aliphatic carbocycles.